The average Bonchev–Trinajstić information content (AvgIpc) is 2.79. The molecule has 3 aromatic rings. The fourth-order valence-corrected chi connectivity index (χ4v) is 2.36. The molecule has 2 aromatic carbocycles. The van der Waals surface area contributed by atoms with Crippen molar-refractivity contribution >= 4 is 11.0 Å². The lowest BCUT2D eigenvalue weighted by molar-refractivity contribution is 0.881. The van der Waals surface area contributed by atoms with Gasteiger partial charge in [-0.25, -0.2) is 4.98 Å². The van der Waals surface area contributed by atoms with Crippen molar-refractivity contribution in [2.24, 2.45) is 0 Å². The summed E-state index contributed by atoms with van der Waals surface area (Å²) in [6.07, 6.45) is 5.50. The maximum absolute atomic E-state index is 5.50. The number of para-hydroxylation sites is 2. The predicted molar refractivity (Wildman–Crippen MR) is 78.7 cm³/mol. The third kappa shape index (κ3) is 1.90. The monoisotopic (exact) mass is 246 g/mol. The van der Waals surface area contributed by atoms with Gasteiger partial charge in [0.05, 0.1) is 17.6 Å². The number of terminal acetylenes is 1. The second kappa shape index (κ2) is 4.62. The Morgan fingerprint density at radius 2 is 1.84 bits per heavy atom. The Kier molecular flexibility index (Phi) is 2.81. The molecule has 19 heavy (non-hydrogen) atoms. The predicted octanol–water partition coefficient (Wildman–Crippen LogP) is 3.64. The number of benzene rings is 2. The summed E-state index contributed by atoms with van der Waals surface area (Å²) < 4.78 is 2.09. The van der Waals surface area contributed by atoms with Crippen LogP contribution >= 0.6 is 0 Å². The number of hydrogen-bond acceptors (Lipinski definition) is 1. The van der Waals surface area contributed by atoms with Crippen LogP contribution in [0, 0.1) is 19.3 Å². The minimum Gasteiger partial charge on any atom is -0.312 e. The Hall–Kier alpha value is -2.53. The first-order valence-electron chi connectivity index (χ1n) is 6.26. The van der Waals surface area contributed by atoms with Gasteiger partial charge >= 0.3 is 0 Å². The van der Waals surface area contributed by atoms with Crippen molar-refractivity contribution in [1.29, 1.82) is 0 Å². The third-order valence-electron chi connectivity index (χ3n) is 3.29. The Bertz CT molecular complexity index is 775. The topological polar surface area (TPSA) is 17.8 Å². The van der Waals surface area contributed by atoms with Crippen LogP contribution in [0.3, 0.4) is 0 Å². The van der Waals surface area contributed by atoms with E-state index in [1.807, 2.05) is 30.3 Å². The van der Waals surface area contributed by atoms with Crippen LogP contribution < -0.4 is 0 Å². The molecule has 0 radical (unpaired) electrons. The average molecular weight is 246 g/mol. The number of aryl methyl sites for hydroxylation is 1. The van der Waals surface area contributed by atoms with Crippen LogP contribution in [0.1, 0.15) is 5.56 Å². The largest absolute Gasteiger partial charge is 0.312 e. The number of hydrogen-bond donors (Lipinski definition) is 0. The molecule has 0 fully saturated rings. The van der Waals surface area contributed by atoms with Crippen LogP contribution in [0.2, 0.25) is 0 Å². The minimum absolute atomic E-state index is 0.532. The molecule has 0 saturated carbocycles. The molecule has 0 atom stereocenters. The Morgan fingerprint density at radius 1 is 1.11 bits per heavy atom. The molecule has 2 nitrogen and oxygen atoms in total. The van der Waals surface area contributed by atoms with E-state index in [4.69, 9.17) is 11.4 Å². The molecule has 0 saturated heterocycles. The summed E-state index contributed by atoms with van der Waals surface area (Å²) in [6.45, 7) is 2.62. The lowest BCUT2D eigenvalue weighted by atomic mass is 10.1. The molecular formula is C17H14N2. The smallest absolute Gasteiger partial charge is 0.142 e. The summed E-state index contributed by atoms with van der Waals surface area (Å²) in [5, 5.41) is 0. The van der Waals surface area contributed by atoms with Gasteiger partial charge in [0, 0.05) is 5.56 Å². The van der Waals surface area contributed by atoms with Gasteiger partial charge in [0.2, 0.25) is 0 Å². The summed E-state index contributed by atoms with van der Waals surface area (Å²) in [6, 6.07) is 16.3. The van der Waals surface area contributed by atoms with Crippen LogP contribution in [0.15, 0.2) is 48.5 Å². The molecule has 92 valence electrons. The highest BCUT2D eigenvalue weighted by Gasteiger charge is 2.12. The number of nitrogens with zero attached hydrogens (tertiary/aromatic N) is 2. The molecule has 0 unspecified atom stereocenters. The normalized spacial score (nSPS) is 10.5. The summed E-state index contributed by atoms with van der Waals surface area (Å²) in [5.41, 5.74) is 4.40. The molecule has 0 bridgehead atoms. The number of aromatic nitrogens is 2. The molecule has 1 aromatic heterocycles. The van der Waals surface area contributed by atoms with E-state index in [0.29, 0.717) is 6.54 Å². The van der Waals surface area contributed by atoms with Gasteiger partial charge in [-0.2, -0.15) is 0 Å². The molecule has 0 aliphatic rings. The van der Waals surface area contributed by atoms with Crippen LogP contribution in [0.4, 0.5) is 0 Å². The highest BCUT2D eigenvalue weighted by Crippen LogP contribution is 2.26. The standard InChI is InChI=1S/C17H14N2/c1-3-12-19-16-11-7-6-10-15(16)18-17(19)14-9-5-4-8-13(14)2/h1,4-11H,12H2,2H3. The maximum atomic E-state index is 5.50. The van der Waals surface area contributed by atoms with E-state index in [0.717, 1.165) is 22.4 Å². The van der Waals surface area contributed by atoms with Crippen molar-refractivity contribution < 1.29 is 0 Å². The van der Waals surface area contributed by atoms with Crippen molar-refractivity contribution in [2.45, 2.75) is 13.5 Å². The van der Waals surface area contributed by atoms with Gasteiger partial charge in [-0.05, 0) is 24.6 Å². The lowest BCUT2D eigenvalue weighted by Crippen LogP contribution is -1.99. The second-order valence-electron chi connectivity index (χ2n) is 4.53. The molecule has 0 aliphatic carbocycles. The van der Waals surface area contributed by atoms with E-state index in [1.54, 1.807) is 0 Å². The SMILES string of the molecule is C#CCn1c(-c2ccccc2C)nc2ccccc21. The summed E-state index contributed by atoms with van der Waals surface area (Å²) in [4.78, 5) is 4.73. The van der Waals surface area contributed by atoms with Crippen molar-refractivity contribution in [3.8, 4) is 23.7 Å². The van der Waals surface area contributed by atoms with E-state index >= 15 is 0 Å². The molecule has 3 rings (SSSR count). The number of rotatable bonds is 2. The summed E-state index contributed by atoms with van der Waals surface area (Å²) >= 11 is 0. The van der Waals surface area contributed by atoms with Crippen molar-refractivity contribution in [3.63, 3.8) is 0 Å². The second-order valence-corrected chi connectivity index (χ2v) is 4.53. The zero-order chi connectivity index (χ0) is 13.2. The van der Waals surface area contributed by atoms with Gasteiger partial charge in [0.1, 0.15) is 5.82 Å². The van der Waals surface area contributed by atoms with E-state index in [1.165, 1.54) is 5.56 Å². The first-order valence-corrected chi connectivity index (χ1v) is 6.26. The summed E-state index contributed by atoms with van der Waals surface area (Å²) in [7, 11) is 0. The Labute approximate surface area is 112 Å². The maximum Gasteiger partial charge on any atom is 0.142 e. The lowest BCUT2D eigenvalue weighted by Gasteiger charge is -2.07. The van der Waals surface area contributed by atoms with Crippen LogP contribution in [-0.4, -0.2) is 9.55 Å². The molecule has 0 aliphatic heterocycles. The van der Waals surface area contributed by atoms with E-state index in [-0.39, 0.29) is 0 Å². The zero-order valence-electron chi connectivity index (χ0n) is 10.8. The zero-order valence-corrected chi connectivity index (χ0v) is 10.8. The van der Waals surface area contributed by atoms with Gasteiger partial charge in [-0.15, -0.1) is 6.42 Å². The Balaban J connectivity index is 2.32. The van der Waals surface area contributed by atoms with Gasteiger partial charge in [0.25, 0.3) is 0 Å². The van der Waals surface area contributed by atoms with Crippen LogP contribution in [-0.2, 0) is 6.54 Å². The molecule has 0 amide bonds. The number of fused-ring (bicyclic) bond motifs is 1. The van der Waals surface area contributed by atoms with Crippen molar-refractivity contribution in [2.75, 3.05) is 0 Å². The van der Waals surface area contributed by atoms with Crippen LogP contribution in [0.5, 0.6) is 0 Å². The van der Waals surface area contributed by atoms with Crippen molar-refractivity contribution in [1.82, 2.24) is 9.55 Å². The minimum atomic E-state index is 0.532. The molecule has 0 N–H and O–H groups in total. The summed E-state index contributed by atoms with van der Waals surface area (Å²) in [5.74, 6) is 3.66. The van der Waals surface area contributed by atoms with Gasteiger partial charge in [0.15, 0.2) is 0 Å². The third-order valence-corrected chi connectivity index (χ3v) is 3.29. The van der Waals surface area contributed by atoms with E-state index in [9.17, 15) is 0 Å². The highest BCUT2D eigenvalue weighted by atomic mass is 15.1. The number of imidazole rings is 1. The van der Waals surface area contributed by atoms with Crippen LogP contribution in [0.25, 0.3) is 22.4 Å². The molecule has 0 spiro atoms. The molecule has 1 heterocycles. The van der Waals surface area contributed by atoms with Crippen molar-refractivity contribution in [3.05, 3.63) is 54.1 Å². The van der Waals surface area contributed by atoms with E-state index < -0.39 is 0 Å². The molecular weight excluding hydrogens is 232 g/mol. The van der Waals surface area contributed by atoms with E-state index in [2.05, 4.69) is 35.6 Å². The fraction of sp³-hybridized carbons (Fsp3) is 0.118. The highest BCUT2D eigenvalue weighted by molar-refractivity contribution is 5.81. The van der Waals surface area contributed by atoms with Gasteiger partial charge in [-0.3, -0.25) is 0 Å². The first kappa shape index (κ1) is 11.6. The quantitative estimate of drug-likeness (QED) is 0.631. The Morgan fingerprint density at radius 3 is 2.63 bits per heavy atom. The van der Waals surface area contributed by atoms with Gasteiger partial charge < -0.3 is 4.57 Å². The first-order chi connectivity index (χ1) is 9.31. The fourth-order valence-electron chi connectivity index (χ4n) is 2.36. The molecule has 2 heteroatoms. The van der Waals surface area contributed by atoms with Gasteiger partial charge in [-0.1, -0.05) is 42.3 Å².